The second-order valence-corrected chi connectivity index (χ2v) is 6.98. The zero-order valence-electron chi connectivity index (χ0n) is 17.5. The SMILES string of the molecule is O=C(NCCNC(=O)c1ccc(F)cc1F)NC(C(=O)Nc1ccccc1)c1ccccc1. The third-order valence-electron chi connectivity index (χ3n) is 4.58. The highest BCUT2D eigenvalue weighted by Gasteiger charge is 2.22. The Kier molecular flexibility index (Phi) is 8.07. The molecule has 0 radical (unpaired) electrons. The van der Waals surface area contributed by atoms with Crippen molar-refractivity contribution >= 4 is 23.5 Å². The molecule has 0 aliphatic rings. The van der Waals surface area contributed by atoms with E-state index >= 15 is 0 Å². The van der Waals surface area contributed by atoms with E-state index in [2.05, 4.69) is 21.3 Å². The summed E-state index contributed by atoms with van der Waals surface area (Å²) < 4.78 is 26.6. The molecule has 4 amide bonds. The molecule has 3 aromatic rings. The molecule has 9 heteroatoms. The van der Waals surface area contributed by atoms with Crippen LogP contribution in [0.3, 0.4) is 0 Å². The minimum absolute atomic E-state index is 0.00468. The molecule has 0 spiro atoms. The van der Waals surface area contributed by atoms with E-state index in [1.807, 2.05) is 6.07 Å². The number of nitrogens with one attached hydrogen (secondary N) is 4. The number of amides is 4. The lowest BCUT2D eigenvalue weighted by atomic mass is 10.1. The Balaban J connectivity index is 1.54. The highest BCUT2D eigenvalue weighted by atomic mass is 19.1. The number of halogens is 2. The molecular weight excluding hydrogens is 430 g/mol. The van der Waals surface area contributed by atoms with Gasteiger partial charge in [0, 0.05) is 24.8 Å². The summed E-state index contributed by atoms with van der Waals surface area (Å²) in [7, 11) is 0. The van der Waals surface area contributed by atoms with Gasteiger partial charge < -0.3 is 21.3 Å². The third kappa shape index (κ3) is 6.86. The maximum Gasteiger partial charge on any atom is 0.315 e. The van der Waals surface area contributed by atoms with Crippen LogP contribution in [0.4, 0.5) is 19.3 Å². The lowest BCUT2D eigenvalue weighted by molar-refractivity contribution is -0.118. The monoisotopic (exact) mass is 452 g/mol. The van der Waals surface area contributed by atoms with Crippen LogP contribution in [0.5, 0.6) is 0 Å². The van der Waals surface area contributed by atoms with Crippen molar-refractivity contribution in [3.63, 3.8) is 0 Å². The van der Waals surface area contributed by atoms with Gasteiger partial charge in [-0.05, 0) is 29.8 Å². The number of hydrogen-bond donors (Lipinski definition) is 4. The molecule has 0 fully saturated rings. The average Bonchev–Trinajstić information content (AvgIpc) is 2.81. The first-order chi connectivity index (χ1) is 15.9. The van der Waals surface area contributed by atoms with Crippen molar-refractivity contribution in [3.8, 4) is 0 Å². The Morgan fingerprint density at radius 1 is 0.788 bits per heavy atom. The highest BCUT2D eigenvalue weighted by Crippen LogP contribution is 2.16. The van der Waals surface area contributed by atoms with Crippen molar-refractivity contribution in [2.24, 2.45) is 0 Å². The van der Waals surface area contributed by atoms with Crippen LogP contribution in [0.2, 0.25) is 0 Å². The Bertz CT molecular complexity index is 1110. The molecule has 170 valence electrons. The van der Waals surface area contributed by atoms with Crippen LogP contribution in [0.25, 0.3) is 0 Å². The second kappa shape index (κ2) is 11.4. The summed E-state index contributed by atoms with van der Waals surface area (Å²) in [6.45, 7) is 0.0114. The van der Waals surface area contributed by atoms with Crippen molar-refractivity contribution in [2.75, 3.05) is 18.4 Å². The van der Waals surface area contributed by atoms with Crippen LogP contribution < -0.4 is 21.3 Å². The predicted octanol–water partition coefficient (Wildman–Crippen LogP) is 3.37. The van der Waals surface area contributed by atoms with E-state index in [1.54, 1.807) is 54.6 Å². The standard InChI is InChI=1S/C24H22F2N4O3/c25-17-11-12-19(20(26)15-17)22(31)27-13-14-28-24(33)30-21(16-7-3-1-4-8-16)23(32)29-18-9-5-2-6-10-18/h1-12,15,21H,13-14H2,(H,27,31)(H,29,32)(H2,28,30,33). The molecule has 0 aliphatic carbocycles. The van der Waals surface area contributed by atoms with Gasteiger partial charge in [-0.25, -0.2) is 13.6 Å². The van der Waals surface area contributed by atoms with Gasteiger partial charge in [0.15, 0.2) is 0 Å². The first kappa shape index (κ1) is 23.4. The Morgan fingerprint density at radius 3 is 2.09 bits per heavy atom. The van der Waals surface area contributed by atoms with Gasteiger partial charge in [0.05, 0.1) is 5.56 Å². The van der Waals surface area contributed by atoms with Crippen LogP contribution in [-0.4, -0.2) is 30.9 Å². The van der Waals surface area contributed by atoms with Gasteiger partial charge in [0.25, 0.3) is 11.8 Å². The fraction of sp³-hybridized carbons (Fsp3) is 0.125. The Labute approximate surface area is 189 Å². The largest absolute Gasteiger partial charge is 0.350 e. The van der Waals surface area contributed by atoms with Crippen LogP contribution >= 0.6 is 0 Å². The van der Waals surface area contributed by atoms with Crippen molar-refractivity contribution in [1.82, 2.24) is 16.0 Å². The molecule has 0 bridgehead atoms. The summed E-state index contributed by atoms with van der Waals surface area (Å²) in [6.07, 6.45) is 0. The number of urea groups is 1. The van der Waals surface area contributed by atoms with Gasteiger partial charge in [-0.2, -0.15) is 0 Å². The van der Waals surface area contributed by atoms with E-state index < -0.39 is 35.5 Å². The summed E-state index contributed by atoms with van der Waals surface area (Å²) >= 11 is 0. The molecule has 1 unspecified atom stereocenters. The first-order valence-electron chi connectivity index (χ1n) is 10.1. The molecule has 0 heterocycles. The molecule has 3 rings (SSSR count). The van der Waals surface area contributed by atoms with Crippen molar-refractivity contribution < 1.29 is 23.2 Å². The van der Waals surface area contributed by atoms with E-state index in [-0.39, 0.29) is 18.7 Å². The molecule has 4 N–H and O–H groups in total. The number of rotatable bonds is 8. The van der Waals surface area contributed by atoms with Crippen molar-refractivity contribution in [2.45, 2.75) is 6.04 Å². The van der Waals surface area contributed by atoms with E-state index in [1.165, 1.54) is 0 Å². The second-order valence-electron chi connectivity index (χ2n) is 6.98. The lowest BCUT2D eigenvalue weighted by Crippen LogP contribution is -2.44. The first-order valence-corrected chi connectivity index (χ1v) is 10.1. The summed E-state index contributed by atoms with van der Waals surface area (Å²) in [5.74, 6) is -2.93. The molecule has 0 saturated heterocycles. The number of para-hydroxylation sites is 1. The Morgan fingerprint density at radius 2 is 1.42 bits per heavy atom. The van der Waals surface area contributed by atoms with Gasteiger partial charge >= 0.3 is 6.03 Å². The summed E-state index contributed by atoms with van der Waals surface area (Å²) in [6, 6.07) is 18.6. The number of hydrogen-bond acceptors (Lipinski definition) is 3. The van der Waals surface area contributed by atoms with E-state index in [0.29, 0.717) is 17.3 Å². The Hall–Kier alpha value is -4.27. The third-order valence-corrected chi connectivity index (χ3v) is 4.58. The molecule has 0 aliphatic heterocycles. The average molecular weight is 452 g/mol. The molecule has 0 aromatic heterocycles. The maximum absolute atomic E-state index is 13.7. The number of anilines is 1. The molecule has 0 saturated carbocycles. The molecular formula is C24H22F2N4O3. The van der Waals surface area contributed by atoms with Crippen molar-refractivity contribution in [3.05, 3.63) is 102 Å². The van der Waals surface area contributed by atoms with Crippen LogP contribution in [0.1, 0.15) is 22.0 Å². The van der Waals surface area contributed by atoms with Gasteiger partial charge in [-0.15, -0.1) is 0 Å². The van der Waals surface area contributed by atoms with Gasteiger partial charge in [0.1, 0.15) is 17.7 Å². The minimum Gasteiger partial charge on any atom is -0.350 e. The fourth-order valence-electron chi connectivity index (χ4n) is 2.98. The summed E-state index contributed by atoms with van der Waals surface area (Å²) in [5.41, 5.74) is 0.866. The zero-order chi connectivity index (χ0) is 23.6. The topological polar surface area (TPSA) is 99.3 Å². The minimum atomic E-state index is -0.978. The number of carbonyl (C=O) groups excluding carboxylic acids is 3. The number of carbonyl (C=O) groups is 3. The molecule has 7 nitrogen and oxygen atoms in total. The quantitative estimate of drug-likeness (QED) is 0.395. The molecule has 1 atom stereocenters. The summed E-state index contributed by atoms with van der Waals surface area (Å²) in [4.78, 5) is 37.2. The van der Waals surface area contributed by atoms with Crippen LogP contribution in [0.15, 0.2) is 78.9 Å². The normalized spacial score (nSPS) is 11.2. The van der Waals surface area contributed by atoms with Gasteiger partial charge in [-0.3, -0.25) is 9.59 Å². The smallest absolute Gasteiger partial charge is 0.315 e. The number of benzene rings is 3. The molecule has 33 heavy (non-hydrogen) atoms. The van der Waals surface area contributed by atoms with Gasteiger partial charge in [-0.1, -0.05) is 48.5 Å². The highest BCUT2D eigenvalue weighted by molar-refractivity contribution is 5.97. The molecule has 3 aromatic carbocycles. The summed E-state index contributed by atoms with van der Waals surface area (Å²) in [5, 5.41) is 10.3. The lowest BCUT2D eigenvalue weighted by Gasteiger charge is -2.19. The van der Waals surface area contributed by atoms with Crippen molar-refractivity contribution in [1.29, 1.82) is 0 Å². The van der Waals surface area contributed by atoms with Crippen LogP contribution in [-0.2, 0) is 4.79 Å². The fourth-order valence-corrected chi connectivity index (χ4v) is 2.98. The maximum atomic E-state index is 13.7. The van der Waals surface area contributed by atoms with E-state index in [9.17, 15) is 23.2 Å². The predicted molar refractivity (Wildman–Crippen MR) is 119 cm³/mol. The zero-order valence-corrected chi connectivity index (χ0v) is 17.5. The van der Waals surface area contributed by atoms with Gasteiger partial charge in [0.2, 0.25) is 0 Å². The van der Waals surface area contributed by atoms with E-state index in [0.717, 1.165) is 12.1 Å². The van der Waals surface area contributed by atoms with E-state index in [4.69, 9.17) is 0 Å². The van der Waals surface area contributed by atoms with Crippen LogP contribution in [0, 0.1) is 11.6 Å².